The van der Waals surface area contributed by atoms with Crippen LogP contribution in [0.2, 0.25) is 0 Å². The highest BCUT2D eigenvalue weighted by atomic mass is 16.6. The molecule has 1 aliphatic rings. The van der Waals surface area contributed by atoms with Crippen LogP contribution in [0.25, 0.3) is 0 Å². The molecule has 0 aliphatic carbocycles. The second kappa shape index (κ2) is 7.08. The number of hydrogen-bond donors (Lipinski definition) is 1. The summed E-state index contributed by atoms with van der Waals surface area (Å²) in [6.45, 7) is 0. The largest absolute Gasteiger partial charge is 0.437 e. The highest BCUT2D eigenvalue weighted by Crippen LogP contribution is 2.35. The van der Waals surface area contributed by atoms with Crippen LogP contribution in [0.5, 0.6) is 0 Å². The van der Waals surface area contributed by atoms with E-state index in [0.717, 1.165) is 16.7 Å². The molecule has 1 aliphatic heterocycles. The third kappa shape index (κ3) is 3.40. The molecule has 0 unspecified atom stereocenters. The Hall–Kier alpha value is -3.65. The van der Waals surface area contributed by atoms with Crippen LogP contribution in [-0.4, -0.2) is 16.1 Å². The zero-order valence-corrected chi connectivity index (χ0v) is 13.8. The number of amides is 1. The van der Waals surface area contributed by atoms with Crippen molar-refractivity contribution in [3.05, 3.63) is 95.6 Å². The van der Waals surface area contributed by atoms with Gasteiger partial charge in [-0.2, -0.15) is 0 Å². The normalized spacial score (nSPS) is 18.4. The predicted octanol–water partition coefficient (Wildman–Crippen LogP) is 3.40. The Morgan fingerprint density at radius 2 is 1.77 bits per heavy atom. The summed E-state index contributed by atoms with van der Waals surface area (Å²) >= 11 is 0. The first-order valence-corrected chi connectivity index (χ1v) is 8.20. The number of carbonyl (C=O) groups excluding carboxylic acids is 1. The number of aromatic nitrogens is 2. The molecule has 126 valence electrons. The van der Waals surface area contributed by atoms with E-state index in [0.29, 0.717) is 5.69 Å². The third-order valence-corrected chi connectivity index (χ3v) is 4.06. The van der Waals surface area contributed by atoms with Crippen LogP contribution >= 0.6 is 0 Å². The van der Waals surface area contributed by atoms with E-state index < -0.39 is 12.2 Å². The lowest BCUT2D eigenvalue weighted by atomic mass is 9.98. The van der Waals surface area contributed by atoms with Crippen molar-refractivity contribution in [2.45, 2.75) is 12.1 Å². The Morgan fingerprint density at radius 1 is 0.962 bits per heavy atom. The van der Waals surface area contributed by atoms with E-state index in [-0.39, 0.29) is 6.04 Å². The fourth-order valence-electron chi connectivity index (χ4n) is 2.84. The zero-order valence-electron chi connectivity index (χ0n) is 13.8. The molecule has 0 saturated carbocycles. The monoisotopic (exact) mass is 341 g/mol. The van der Waals surface area contributed by atoms with Crippen LogP contribution in [0.4, 0.5) is 4.79 Å². The van der Waals surface area contributed by atoms with Crippen molar-refractivity contribution in [2.75, 3.05) is 0 Å². The summed E-state index contributed by atoms with van der Waals surface area (Å²) in [5, 5.41) is 2.84. The number of alkyl carbamates (subject to hydrolysis) is 1. The van der Waals surface area contributed by atoms with Crippen LogP contribution in [-0.2, 0) is 4.74 Å². The lowest BCUT2D eigenvalue weighted by molar-refractivity contribution is 0.129. The van der Waals surface area contributed by atoms with Gasteiger partial charge >= 0.3 is 6.09 Å². The number of benzene rings is 2. The van der Waals surface area contributed by atoms with Crippen LogP contribution in [0.3, 0.4) is 0 Å². The fraction of sp³-hybridized carbons (Fsp3) is 0.0952. The van der Waals surface area contributed by atoms with Gasteiger partial charge in [0.15, 0.2) is 6.10 Å². The van der Waals surface area contributed by atoms with Gasteiger partial charge in [-0.05, 0) is 29.8 Å². The summed E-state index contributed by atoms with van der Waals surface area (Å²) < 4.78 is 5.39. The standard InChI is InChI=1S/C21H15N3O2/c25-21-24-19(20(26-21)18-14-22-11-12-23-18)17-8-4-7-16(13-17)10-9-15-5-2-1-3-6-15/h1-8,11-14,19-20H,(H,24,25)/t19-,20-/m1/s1. The van der Waals surface area contributed by atoms with Gasteiger partial charge in [-0.1, -0.05) is 42.2 Å². The van der Waals surface area contributed by atoms with Crippen LogP contribution < -0.4 is 5.32 Å². The summed E-state index contributed by atoms with van der Waals surface area (Å²) in [6, 6.07) is 17.2. The molecule has 3 aromatic rings. The van der Waals surface area contributed by atoms with Gasteiger partial charge in [0.1, 0.15) is 11.7 Å². The topological polar surface area (TPSA) is 64.1 Å². The third-order valence-electron chi connectivity index (χ3n) is 4.06. The number of cyclic esters (lactones) is 1. The number of nitrogens with one attached hydrogen (secondary N) is 1. The van der Waals surface area contributed by atoms with Gasteiger partial charge < -0.3 is 10.1 Å². The molecule has 0 spiro atoms. The summed E-state index contributed by atoms with van der Waals surface area (Å²) in [6.07, 6.45) is 3.79. The Bertz CT molecular complexity index is 978. The van der Waals surface area contributed by atoms with Gasteiger partial charge in [-0.3, -0.25) is 9.97 Å². The molecule has 26 heavy (non-hydrogen) atoms. The smallest absolute Gasteiger partial charge is 0.408 e. The molecular formula is C21H15N3O2. The first-order chi connectivity index (χ1) is 12.8. The summed E-state index contributed by atoms with van der Waals surface area (Å²) in [4.78, 5) is 20.1. The maximum absolute atomic E-state index is 11.8. The molecular weight excluding hydrogens is 326 g/mol. The highest BCUT2D eigenvalue weighted by molar-refractivity contribution is 5.71. The summed E-state index contributed by atoms with van der Waals surface area (Å²) in [5.41, 5.74) is 3.33. The second-order valence-corrected chi connectivity index (χ2v) is 5.82. The minimum atomic E-state index is -0.520. The number of rotatable bonds is 2. The Morgan fingerprint density at radius 3 is 2.58 bits per heavy atom. The van der Waals surface area contributed by atoms with E-state index in [4.69, 9.17) is 4.74 Å². The molecule has 1 N–H and O–H groups in total. The number of hydrogen-bond acceptors (Lipinski definition) is 4. The van der Waals surface area contributed by atoms with Crippen molar-refractivity contribution in [3.63, 3.8) is 0 Å². The Balaban J connectivity index is 1.63. The minimum absolute atomic E-state index is 0.335. The van der Waals surface area contributed by atoms with Crippen molar-refractivity contribution in [3.8, 4) is 11.8 Å². The van der Waals surface area contributed by atoms with Crippen molar-refractivity contribution in [1.29, 1.82) is 0 Å². The van der Waals surface area contributed by atoms with Crippen LogP contribution in [0, 0.1) is 11.8 Å². The fourth-order valence-corrected chi connectivity index (χ4v) is 2.84. The second-order valence-electron chi connectivity index (χ2n) is 5.82. The Kier molecular flexibility index (Phi) is 4.31. The maximum atomic E-state index is 11.8. The van der Waals surface area contributed by atoms with Gasteiger partial charge in [0.05, 0.1) is 6.20 Å². The quantitative estimate of drug-likeness (QED) is 0.726. The first kappa shape index (κ1) is 15.9. The molecule has 0 radical (unpaired) electrons. The van der Waals surface area contributed by atoms with E-state index >= 15 is 0 Å². The van der Waals surface area contributed by atoms with Crippen molar-refractivity contribution in [2.24, 2.45) is 0 Å². The van der Waals surface area contributed by atoms with Gasteiger partial charge in [-0.15, -0.1) is 0 Å². The minimum Gasteiger partial charge on any atom is -0.437 e. The molecule has 0 bridgehead atoms. The van der Waals surface area contributed by atoms with E-state index in [2.05, 4.69) is 27.1 Å². The van der Waals surface area contributed by atoms with Crippen molar-refractivity contribution in [1.82, 2.24) is 15.3 Å². The molecule has 5 nitrogen and oxygen atoms in total. The van der Waals surface area contributed by atoms with Crippen LogP contribution in [0.1, 0.15) is 34.5 Å². The molecule has 2 atom stereocenters. The van der Waals surface area contributed by atoms with E-state index in [9.17, 15) is 4.79 Å². The highest BCUT2D eigenvalue weighted by Gasteiger charge is 2.37. The number of nitrogens with zero attached hydrogens (tertiary/aromatic N) is 2. The molecule has 2 heterocycles. The number of carbonyl (C=O) groups is 1. The zero-order chi connectivity index (χ0) is 17.8. The summed E-state index contributed by atoms with van der Waals surface area (Å²) in [5.74, 6) is 6.30. The maximum Gasteiger partial charge on any atom is 0.408 e. The SMILES string of the molecule is O=C1N[C@H](c2cccc(C#Cc3ccccc3)c2)[C@@H](c2cnccn2)O1. The average Bonchev–Trinajstić information content (AvgIpc) is 3.10. The van der Waals surface area contributed by atoms with Gasteiger partial charge in [-0.25, -0.2) is 4.79 Å². The van der Waals surface area contributed by atoms with Crippen molar-refractivity contribution >= 4 is 6.09 Å². The van der Waals surface area contributed by atoms with Gasteiger partial charge in [0.25, 0.3) is 0 Å². The van der Waals surface area contributed by atoms with Gasteiger partial charge in [0.2, 0.25) is 0 Å². The molecule has 1 fully saturated rings. The molecule has 4 rings (SSSR count). The molecule has 1 aromatic heterocycles. The Labute approximate surface area is 151 Å². The lowest BCUT2D eigenvalue weighted by Gasteiger charge is -2.16. The van der Waals surface area contributed by atoms with Crippen molar-refractivity contribution < 1.29 is 9.53 Å². The molecule has 1 amide bonds. The molecule has 2 aromatic carbocycles. The van der Waals surface area contributed by atoms with Gasteiger partial charge in [0, 0.05) is 23.5 Å². The average molecular weight is 341 g/mol. The molecule has 5 heteroatoms. The van der Waals surface area contributed by atoms with Crippen LogP contribution in [0.15, 0.2) is 73.2 Å². The summed E-state index contributed by atoms with van der Waals surface area (Å²) in [7, 11) is 0. The van der Waals surface area contributed by atoms with E-state index in [1.165, 1.54) is 0 Å². The number of ether oxygens (including phenoxy) is 1. The first-order valence-electron chi connectivity index (χ1n) is 8.20. The lowest BCUT2D eigenvalue weighted by Crippen LogP contribution is -2.20. The molecule has 1 saturated heterocycles. The van der Waals surface area contributed by atoms with E-state index in [1.54, 1.807) is 18.6 Å². The predicted molar refractivity (Wildman–Crippen MR) is 96.0 cm³/mol. The van der Waals surface area contributed by atoms with E-state index in [1.807, 2.05) is 54.6 Å².